The second-order valence-electron chi connectivity index (χ2n) is 7.33. The third-order valence-corrected chi connectivity index (χ3v) is 4.93. The number of aromatic amines is 1. The highest BCUT2D eigenvalue weighted by Gasteiger charge is 2.54. The minimum absolute atomic E-state index is 0.103. The van der Waals surface area contributed by atoms with Gasteiger partial charge in [-0.05, 0) is 6.07 Å². The smallest absolute Gasteiger partial charge is 0.328 e. The van der Waals surface area contributed by atoms with Gasteiger partial charge in [0.05, 0.1) is 17.8 Å². The average molecular weight is 375 g/mol. The molecule has 0 bridgehead atoms. The molecule has 8 nitrogen and oxygen atoms in total. The van der Waals surface area contributed by atoms with Crippen LogP contribution < -0.4 is 16.1 Å². The molecule has 1 aliphatic rings. The van der Waals surface area contributed by atoms with Crippen molar-refractivity contribution in [1.29, 1.82) is 0 Å². The molecule has 141 valence electrons. The molecule has 1 aliphatic heterocycles. The predicted octanol–water partition coefficient (Wildman–Crippen LogP) is 1.37. The highest BCUT2D eigenvalue weighted by Crippen LogP contribution is 2.45. The monoisotopic (exact) mass is 375 g/mol. The molecule has 4 rings (SSSR count). The maximum absolute atomic E-state index is 14.4. The van der Waals surface area contributed by atoms with E-state index >= 15 is 0 Å². The Kier molecular flexibility index (Phi) is 3.53. The van der Waals surface area contributed by atoms with Crippen molar-refractivity contribution in [3.63, 3.8) is 0 Å². The van der Waals surface area contributed by atoms with E-state index in [0.717, 1.165) is 4.57 Å². The number of hydrogen-bond donors (Lipinski definition) is 1. The van der Waals surface area contributed by atoms with Gasteiger partial charge < -0.3 is 4.90 Å². The summed E-state index contributed by atoms with van der Waals surface area (Å²) in [4.78, 5) is 31.6. The lowest BCUT2D eigenvalue weighted by molar-refractivity contribution is -0.0642. The van der Waals surface area contributed by atoms with Crippen molar-refractivity contribution in [2.75, 3.05) is 18.0 Å². The van der Waals surface area contributed by atoms with Crippen LogP contribution in [0, 0.1) is 12.5 Å². The molecule has 0 aliphatic carbocycles. The number of aromatic nitrogens is 5. The maximum Gasteiger partial charge on any atom is 0.328 e. The molecule has 0 saturated carbocycles. The Labute approximate surface area is 152 Å². The summed E-state index contributed by atoms with van der Waals surface area (Å²) < 4.78 is 31.2. The predicted molar refractivity (Wildman–Crippen MR) is 95.0 cm³/mol. The highest BCUT2D eigenvalue weighted by molar-refractivity contribution is 5.74. The van der Waals surface area contributed by atoms with Crippen LogP contribution in [-0.4, -0.2) is 43.2 Å². The van der Waals surface area contributed by atoms with Gasteiger partial charge in [0.15, 0.2) is 5.65 Å². The van der Waals surface area contributed by atoms with Gasteiger partial charge in [0, 0.05) is 37.6 Å². The van der Waals surface area contributed by atoms with E-state index in [1.807, 2.05) is 0 Å². The van der Waals surface area contributed by atoms with Crippen LogP contribution in [-0.2, 0) is 0 Å². The van der Waals surface area contributed by atoms with Gasteiger partial charge in [0.2, 0.25) is 0 Å². The summed E-state index contributed by atoms with van der Waals surface area (Å²) >= 11 is 0. The normalized spacial score (nSPS) is 18.3. The maximum atomic E-state index is 14.4. The van der Waals surface area contributed by atoms with Crippen LogP contribution in [0.3, 0.4) is 0 Å². The fourth-order valence-corrected chi connectivity index (χ4v) is 3.23. The Morgan fingerprint density at radius 1 is 1.26 bits per heavy atom. The number of H-pyrrole nitrogens is 1. The summed E-state index contributed by atoms with van der Waals surface area (Å²) in [5.41, 5.74) is -1.33. The van der Waals surface area contributed by atoms with Crippen LogP contribution in [0.4, 0.5) is 14.5 Å². The molecular formula is C17H17F2N6O2. The van der Waals surface area contributed by atoms with Crippen molar-refractivity contribution in [3.8, 4) is 11.3 Å². The average Bonchev–Trinajstić information content (AvgIpc) is 3.12. The van der Waals surface area contributed by atoms with Gasteiger partial charge in [-0.3, -0.25) is 14.3 Å². The Morgan fingerprint density at radius 3 is 2.67 bits per heavy atom. The summed E-state index contributed by atoms with van der Waals surface area (Å²) in [6, 6.07) is 1.54. The fraction of sp³-hybridized carbons (Fsp3) is 0.353. The highest BCUT2D eigenvalue weighted by atomic mass is 19.3. The number of hydrogen-bond acceptors (Lipinski definition) is 5. The molecule has 3 aromatic heterocycles. The van der Waals surface area contributed by atoms with Crippen molar-refractivity contribution < 1.29 is 8.78 Å². The van der Waals surface area contributed by atoms with Crippen molar-refractivity contribution in [3.05, 3.63) is 52.5 Å². The molecule has 0 amide bonds. The van der Waals surface area contributed by atoms with E-state index in [0.29, 0.717) is 11.3 Å². The minimum atomic E-state index is -2.88. The SMILES string of the molecule is [CH2]n1cc(-c2cc(N3CC(C)(C)C(F)(F)C3)c3nccn3n2)c(=O)[nH]c1=O. The van der Waals surface area contributed by atoms with Crippen LogP contribution in [0.15, 0.2) is 34.2 Å². The number of alkyl halides is 2. The Hall–Kier alpha value is -3.04. The quantitative estimate of drug-likeness (QED) is 0.731. The molecule has 3 aromatic rings. The fourth-order valence-electron chi connectivity index (χ4n) is 3.23. The minimum Gasteiger partial charge on any atom is -0.362 e. The van der Waals surface area contributed by atoms with Crippen LogP contribution >= 0.6 is 0 Å². The van der Waals surface area contributed by atoms with Crippen LogP contribution in [0.2, 0.25) is 0 Å². The van der Waals surface area contributed by atoms with Gasteiger partial charge in [-0.2, -0.15) is 5.10 Å². The van der Waals surface area contributed by atoms with Crippen molar-refractivity contribution in [2.45, 2.75) is 19.8 Å². The number of imidazole rings is 1. The molecule has 1 radical (unpaired) electrons. The topological polar surface area (TPSA) is 88.3 Å². The van der Waals surface area contributed by atoms with Gasteiger partial charge >= 0.3 is 5.69 Å². The van der Waals surface area contributed by atoms with E-state index in [-0.39, 0.29) is 17.8 Å². The number of nitrogens with zero attached hydrogens (tertiary/aromatic N) is 5. The summed E-state index contributed by atoms with van der Waals surface area (Å²) in [6.45, 7) is 2.69. The molecular weight excluding hydrogens is 358 g/mol. The van der Waals surface area contributed by atoms with E-state index in [4.69, 9.17) is 0 Å². The van der Waals surface area contributed by atoms with Crippen molar-refractivity contribution >= 4 is 11.3 Å². The number of anilines is 1. The van der Waals surface area contributed by atoms with Crippen LogP contribution in [0.5, 0.6) is 0 Å². The molecule has 1 fully saturated rings. The molecule has 4 heterocycles. The number of nitrogens with one attached hydrogen (secondary N) is 1. The van der Waals surface area contributed by atoms with Gasteiger partial charge in [-0.25, -0.2) is 23.1 Å². The zero-order chi connectivity index (χ0) is 19.6. The van der Waals surface area contributed by atoms with Crippen molar-refractivity contribution in [1.82, 2.24) is 24.1 Å². The zero-order valence-corrected chi connectivity index (χ0v) is 14.7. The van der Waals surface area contributed by atoms with E-state index in [1.54, 1.807) is 11.1 Å². The second kappa shape index (κ2) is 5.48. The summed E-state index contributed by atoms with van der Waals surface area (Å²) in [5.74, 6) is -2.88. The van der Waals surface area contributed by atoms with Gasteiger partial charge in [-0.1, -0.05) is 13.8 Å². The molecule has 0 atom stereocenters. The number of halogens is 2. The third kappa shape index (κ3) is 2.63. The Bertz CT molecular complexity index is 1140. The lowest BCUT2D eigenvalue weighted by atomic mass is 9.89. The Balaban J connectivity index is 1.91. The Morgan fingerprint density at radius 2 is 2.00 bits per heavy atom. The molecule has 0 spiro atoms. The largest absolute Gasteiger partial charge is 0.362 e. The molecule has 27 heavy (non-hydrogen) atoms. The third-order valence-electron chi connectivity index (χ3n) is 4.93. The lowest BCUT2D eigenvalue weighted by Gasteiger charge is -2.24. The first-order valence-electron chi connectivity index (χ1n) is 8.23. The molecule has 1 N–H and O–H groups in total. The number of fused-ring (bicyclic) bond motifs is 1. The van der Waals surface area contributed by atoms with Crippen molar-refractivity contribution in [2.24, 2.45) is 5.41 Å². The summed E-state index contributed by atoms with van der Waals surface area (Å²) in [7, 11) is 3.52. The van der Waals surface area contributed by atoms with E-state index < -0.39 is 29.1 Å². The van der Waals surface area contributed by atoms with Gasteiger partial charge in [0.25, 0.3) is 11.5 Å². The lowest BCUT2D eigenvalue weighted by Crippen LogP contribution is -2.34. The second-order valence-corrected chi connectivity index (χ2v) is 7.33. The first-order chi connectivity index (χ1) is 12.6. The summed E-state index contributed by atoms with van der Waals surface area (Å²) in [6.07, 6.45) is 4.33. The standard InChI is InChI=1S/C17H17F2N6O2/c1-16(2)8-24(9-17(16,18)19)12-6-11(22-25-5-4-20-13(12)25)10-7-23(3)15(27)21-14(10)26/h4-7H,3,8-9H2,1-2H3,(H,21,26,27). The number of rotatable bonds is 2. The summed E-state index contributed by atoms with van der Waals surface area (Å²) in [5, 5.41) is 4.32. The first-order valence-corrected chi connectivity index (χ1v) is 8.23. The molecule has 1 saturated heterocycles. The van der Waals surface area contributed by atoms with Crippen LogP contribution in [0.1, 0.15) is 13.8 Å². The van der Waals surface area contributed by atoms with Crippen LogP contribution in [0.25, 0.3) is 16.9 Å². The van der Waals surface area contributed by atoms with Gasteiger partial charge in [-0.15, -0.1) is 0 Å². The van der Waals surface area contributed by atoms with E-state index in [2.05, 4.69) is 22.1 Å². The first kappa shape index (κ1) is 17.4. The van der Waals surface area contributed by atoms with Gasteiger partial charge in [0.1, 0.15) is 5.69 Å². The molecule has 10 heteroatoms. The van der Waals surface area contributed by atoms with E-state index in [1.165, 1.54) is 36.8 Å². The van der Waals surface area contributed by atoms with E-state index in [9.17, 15) is 18.4 Å². The zero-order valence-electron chi connectivity index (χ0n) is 14.7. The molecule has 0 aromatic carbocycles. The molecule has 0 unspecified atom stereocenters.